The van der Waals surface area contributed by atoms with Crippen molar-refractivity contribution in [3.05, 3.63) is 59.9 Å². The first-order valence-electron chi connectivity index (χ1n) is 8.71. The van der Waals surface area contributed by atoms with Crippen molar-refractivity contribution in [3.8, 4) is 5.75 Å². The van der Waals surface area contributed by atoms with Crippen LogP contribution in [-0.2, 0) is 10.2 Å². The lowest BCUT2D eigenvalue weighted by molar-refractivity contribution is -0.122. The summed E-state index contributed by atoms with van der Waals surface area (Å²) in [6.07, 6.45) is 1.58. The zero-order valence-corrected chi connectivity index (χ0v) is 14.0. The molecule has 0 aromatic heterocycles. The van der Waals surface area contributed by atoms with Gasteiger partial charge in [0.1, 0.15) is 11.6 Å². The fourth-order valence-corrected chi connectivity index (χ4v) is 3.87. The number of anilines is 1. The molecule has 1 fully saturated rings. The van der Waals surface area contributed by atoms with E-state index in [1.165, 1.54) is 12.1 Å². The quantitative estimate of drug-likeness (QED) is 0.851. The Balaban J connectivity index is 1.42. The summed E-state index contributed by atoms with van der Waals surface area (Å²) in [5, 5.41) is 3.34. The van der Waals surface area contributed by atoms with E-state index in [0.717, 1.165) is 30.6 Å². The molecular weight excluding hydrogens is 319 g/mol. The molecule has 2 heterocycles. The highest BCUT2D eigenvalue weighted by Crippen LogP contribution is 2.45. The summed E-state index contributed by atoms with van der Waals surface area (Å²) in [5.41, 5.74) is 1.77. The molecule has 4 nitrogen and oxygen atoms in total. The van der Waals surface area contributed by atoms with E-state index >= 15 is 0 Å². The molecule has 0 bridgehead atoms. The first kappa shape index (κ1) is 16.1. The van der Waals surface area contributed by atoms with Crippen LogP contribution in [0.25, 0.3) is 0 Å². The van der Waals surface area contributed by atoms with Crippen LogP contribution in [0.4, 0.5) is 10.1 Å². The predicted molar refractivity (Wildman–Crippen MR) is 94.5 cm³/mol. The molecule has 2 aliphatic rings. The standard InChI is InChI=1S/C20H21FN2O2/c21-15-6-8-16(9-7-15)25-13-3-12-23-18-5-2-1-4-17(18)20(19(23)24)10-11-22-14-20/h1-2,4-9,22H,3,10-14H2. The molecule has 1 atom stereocenters. The molecule has 4 rings (SSSR count). The minimum absolute atomic E-state index is 0.195. The van der Waals surface area contributed by atoms with Crippen molar-refractivity contribution in [1.82, 2.24) is 5.32 Å². The van der Waals surface area contributed by atoms with E-state index in [9.17, 15) is 9.18 Å². The number of para-hydroxylation sites is 1. The SMILES string of the molecule is O=C1N(CCCOc2ccc(F)cc2)c2ccccc2C12CCNC2. The van der Waals surface area contributed by atoms with E-state index in [1.807, 2.05) is 23.1 Å². The second kappa shape index (κ2) is 6.48. The third-order valence-corrected chi connectivity index (χ3v) is 5.13. The minimum Gasteiger partial charge on any atom is -0.494 e. The molecule has 0 radical (unpaired) electrons. The van der Waals surface area contributed by atoms with Gasteiger partial charge in [-0.2, -0.15) is 0 Å². The van der Waals surface area contributed by atoms with E-state index in [1.54, 1.807) is 12.1 Å². The van der Waals surface area contributed by atoms with Crippen LogP contribution in [0.5, 0.6) is 5.75 Å². The molecule has 5 heteroatoms. The average molecular weight is 340 g/mol. The maximum absolute atomic E-state index is 13.1. The zero-order valence-electron chi connectivity index (χ0n) is 14.0. The van der Waals surface area contributed by atoms with Gasteiger partial charge in [-0.3, -0.25) is 4.79 Å². The summed E-state index contributed by atoms with van der Waals surface area (Å²) in [6, 6.07) is 14.1. The number of nitrogens with one attached hydrogen (secondary N) is 1. The largest absolute Gasteiger partial charge is 0.494 e. The molecule has 0 aliphatic carbocycles. The summed E-state index contributed by atoms with van der Waals surface area (Å²) in [6.45, 7) is 2.70. The maximum Gasteiger partial charge on any atom is 0.239 e. The van der Waals surface area contributed by atoms with Gasteiger partial charge in [-0.05, 0) is 55.3 Å². The highest BCUT2D eigenvalue weighted by atomic mass is 19.1. The number of fused-ring (bicyclic) bond motifs is 2. The van der Waals surface area contributed by atoms with Crippen LogP contribution in [0.3, 0.4) is 0 Å². The van der Waals surface area contributed by atoms with Gasteiger partial charge in [0.15, 0.2) is 0 Å². The fraction of sp³-hybridized carbons (Fsp3) is 0.350. The number of carbonyl (C=O) groups is 1. The number of ether oxygens (including phenoxy) is 1. The molecule has 25 heavy (non-hydrogen) atoms. The van der Waals surface area contributed by atoms with Crippen LogP contribution in [0.15, 0.2) is 48.5 Å². The monoisotopic (exact) mass is 340 g/mol. The van der Waals surface area contributed by atoms with Gasteiger partial charge in [0.2, 0.25) is 5.91 Å². The third kappa shape index (κ3) is 2.78. The van der Waals surface area contributed by atoms with Gasteiger partial charge in [-0.25, -0.2) is 4.39 Å². The van der Waals surface area contributed by atoms with E-state index in [0.29, 0.717) is 25.4 Å². The molecule has 2 aromatic rings. The fourth-order valence-electron chi connectivity index (χ4n) is 3.87. The number of rotatable bonds is 5. The van der Waals surface area contributed by atoms with Crippen LogP contribution in [-0.4, -0.2) is 32.1 Å². The Labute approximate surface area is 146 Å². The Morgan fingerprint density at radius 3 is 2.72 bits per heavy atom. The first-order chi connectivity index (χ1) is 12.2. The van der Waals surface area contributed by atoms with Crippen molar-refractivity contribution in [3.63, 3.8) is 0 Å². The molecule has 130 valence electrons. The van der Waals surface area contributed by atoms with Crippen LogP contribution >= 0.6 is 0 Å². The molecule has 1 spiro atoms. The van der Waals surface area contributed by atoms with E-state index in [2.05, 4.69) is 11.4 Å². The van der Waals surface area contributed by atoms with Gasteiger partial charge >= 0.3 is 0 Å². The van der Waals surface area contributed by atoms with Crippen molar-refractivity contribution < 1.29 is 13.9 Å². The van der Waals surface area contributed by atoms with E-state index in [-0.39, 0.29) is 11.7 Å². The van der Waals surface area contributed by atoms with Gasteiger partial charge in [0.25, 0.3) is 0 Å². The Morgan fingerprint density at radius 2 is 1.96 bits per heavy atom. The van der Waals surface area contributed by atoms with Crippen LogP contribution in [0.1, 0.15) is 18.4 Å². The number of halogens is 1. The number of amides is 1. The lowest BCUT2D eigenvalue weighted by Crippen LogP contribution is -2.42. The summed E-state index contributed by atoms with van der Waals surface area (Å²) >= 11 is 0. The summed E-state index contributed by atoms with van der Waals surface area (Å²) < 4.78 is 18.5. The molecule has 1 unspecified atom stereocenters. The highest BCUT2D eigenvalue weighted by molar-refractivity contribution is 6.08. The third-order valence-electron chi connectivity index (χ3n) is 5.13. The lowest BCUT2D eigenvalue weighted by atomic mass is 9.81. The maximum atomic E-state index is 13.1. The number of benzene rings is 2. The lowest BCUT2D eigenvalue weighted by Gasteiger charge is -2.23. The van der Waals surface area contributed by atoms with Gasteiger partial charge in [-0.15, -0.1) is 0 Å². The molecule has 2 aromatic carbocycles. The van der Waals surface area contributed by atoms with Gasteiger partial charge in [-0.1, -0.05) is 18.2 Å². The minimum atomic E-state index is -0.394. The first-order valence-corrected chi connectivity index (χ1v) is 8.71. The van der Waals surface area contributed by atoms with Crippen LogP contribution in [0, 0.1) is 5.82 Å². The summed E-state index contributed by atoms with van der Waals surface area (Å²) in [5.74, 6) is 0.564. The normalized spacial score (nSPS) is 21.8. The van der Waals surface area contributed by atoms with Crippen LogP contribution in [0.2, 0.25) is 0 Å². The van der Waals surface area contributed by atoms with Gasteiger partial charge < -0.3 is 15.0 Å². The smallest absolute Gasteiger partial charge is 0.239 e. The Bertz CT molecular complexity index is 770. The molecule has 0 saturated carbocycles. The Hall–Kier alpha value is -2.40. The number of carbonyl (C=O) groups excluding carboxylic acids is 1. The second-order valence-electron chi connectivity index (χ2n) is 6.64. The zero-order chi connectivity index (χ0) is 17.3. The van der Waals surface area contributed by atoms with E-state index < -0.39 is 5.41 Å². The number of hydrogen-bond donors (Lipinski definition) is 1. The second-order valence-corrected chi connectivity index (χ2v) is 6.64. The van der Waals surface area contributed by atoms with Gasteiger partial charge in [0.05, 0.1) is 12.0 Å². The Morgan fingerprint density at radius 1 is 1.16 bits per heavy atom. The van der Waals surface area contributed by atoms with Crippen molar-refractivity contribution in [1.29, 1.82) is 0 Å². The Kier molecular flexibility index (Phi) is 4.17. The molecule has 1 amide bonds. The van der Waals surface area contributed by atoms with E-state index in [4.69, 9.17) is 4.74 Å². The highest BCUT2D eigenvalue weighted by Gasteiger charge is 2.51. The summed E-state index contributed by atoms with van der Waals surface area (Å²) in [4.78, 5) is 15.0. The van der Waals surface area contributed by atoms with Crippen molar-refractivity contribution in [2.45, 2.75) is 18.3 Å². The topological polar surface area (TPSA) is 41.6 Å². The van der Waals surface area contributed by atoms with Crippen molar-refractivity contribution in [2.24, 2.45) is 0 Å². The molecule has 2 aliphatic heterocycles. The summed E-state index contributed by atoms with van der Waals surface area (Å²) in [7, 11) is 0. The average Bonchev–Trinajstić information content (AvgIpc) is 3.21. The predicted octanol–water partition coefficient (Wildman–Crippen LogP) is 2.87. The molecule has 1 saturated heterocycles. The van der Waals surface area contributed by atoms with Crippen molar-refractivity contribution >= 4 is 11.6 Å². The van der Waals surface area contributed by atoms with Crippen molar-refractivity contribution in [2.75, 3.05) is 31.1 Å². The van der Waals surface area contributed by atoms with Crippen LogP contribution < -0.4 is 15.0 Å². The number of hydrogen-bond acceptors (Lipinski definition) is 3. The van der Waals surface area contributed by atoms with Gasteiger partial charge in [0, 0.05) is 18.8 Å². The molecule has 1 N–H and O–H groups in total. The molecular formula is C20H21FN2O2. The number of nitrogens with zero attached hydrogens (tertiary/aromatic N) is 1.